The third-order valence-corrected chi connectivity index (χ3v) is 4.04. The van der Waals surface area contributed by atoms with Crippen molar-refractivity contribution in [2.24, 2.45) is 5.73 Å². The van der Waals surface area contributed by atoms with E-state index >= 15 is 0 Å². The molecule has 2 aromatic carbocycles. The van der Waals surface area contributed by atoms with E-state index in [0.29, 0.717) is 11.3 Å². The molecule has 106 valence electrons. The van der Waals surface area contributed by atoms with Crippen LogP contribution in [-0.4, -0.2) is 13.2 Å². The van der Waals surface area contributed by atoms with Crippen molar-refractivity contribution in [1.82, 2.24) is 0 Å². The van der Waals surface area contributed by atoms with Crippen LogP contribution in [-0.2, 0) is 6.42 Å². The highest BCUT2D eigenvalue weighted by molar-refractivity contribution is 7.99. The van der Waals surface area contributed by atoms with Crippen molar-refractivity contribution in [3.05, 3.63) is 53.8 Å². The van der Waals surface area contributed by atoms with Crippen LogP contribution in [0.4, 0.5) is 4.39 Å². The van der Waals surface area contributed by atoms with Gasteiger partial charge in [-0.2, -0.15) is 0 Å². The number of rotatable bonds is 5. The van der Waals surface area contributed by atoms with Crippen molar-refractivity contribution in [2.75, 3.05) is 7.11 Å². The zero-order valence-electron chi connectivity index (χ0n) is 11.6. The predicted molar refractivity (Wildman–Crippen MR) is 80.9 cm³/mol. The summed E-state index contributed by atoms with van der Waals surface area (Å²) in [7, 11) is 1.62. The molecule has 0 heterocycles. The monoisotopic (exact) mass is 291 g/mol. The highest BCUT2D eigenvalue weighted by atomic mass is 32.2. The van der Waals surface area contributed by atoms with Crippen molar-refractivity contribution in [1.29, 1.82) is 0 Å². The summed E-state index contributed by atoms with van der Waals surface area (Å²) in [6.45, 7) is 1.92. The van der Waals surface area contributed by atoms with Crippen molar-refractivity contribution in [3.63, 3.8) is 0 Å². The predicted octanol–water partition coefficient (Wildman–Crippen LogP) is 3.88. The summed E-state index contributed by atoms with van der Waals surface area (Å²) in [5, 5.41) is 0. The number of methoxy groups -OCH3 is 1. The molecule has 0 fully saturated rings. The molecular weight excluding hydrogens is 273 g/mol. The van der Waals surface area contributed by atoms with Crippen LogP contribution in [0.5, 0.6) is 5.75 Å². The molecule has 0 aliphatic carbocycles. The molecule has 0 bridgehead atoms. The summed E-state index contributed by atoms with van der Waals surface area (Å²) in [5.41, 5.74) is 6.77. The molecule has 20 heavy (non-hydrogen) atoms. The number of hydrogen-bond acceptors (Lipinski definition) is 3. The first kappa shape index (κ1) is 14.9. The Hall–Kier alpha value is -1.52. The van der Waals surface area contributed by atoms with Gasteiger partial charge in [0.05, 0.1) is 12.0 Å². The molecule has 4 heteroatoms. The largest absolute Gasteiger partial charge is 0.497 e. The molecule has 0 radical (unpaired) electrons. The average Bonchev–Trinajstić information content (AvgIpc) is 2.43. The van der Waals surface area contributed by atoms with Crippen molar-refractivity contribution >= 4 is 11.8 Å². The van der Waals surface area contributed by atoms with E-state index in [4.69, 9.17) is 10.5 Å². The maximum absolute atomic E-state index is 14.0. The minimum Gasteiger partial charge on any atom is -0.497 e. The van der Waals surface area contributed by atoms with Gasteiger partial charge in [-0.3, -0.25) is 0 Å². The van der Waals surface area contributed by atoms with E-state index in [1.54, 1.807) is 13.2 Å². The minimum absolute atomic E-state index is 0.00650. The first-order valence-electron chi connectivity index (χ1n) is 6.45. The van der Waals surface area contributed by atoms with Crippen molar-refractivity contribution in [2.45, 2.75) is 29.2 Å². The molecule has 1 atom stereocenters. The number of nitrogens with two attached hydrogens (primary N) is 1. The summed E-state index contributed by atoms with van der Waals surface area (Å²) in [4.78, 5) is 1.62. The lowest BCUT2D eigenvalue weighted by atomic mass is 10.1. The first-order chi connectivity index (χ1) is 9.60. The Bertz CT molecular complexity index is 569. The lowest BCUT2D eigenvalue weighted by molar-refractivity contribution is 0.414. The van der Waals surface area contributed by atoms with E-state index in [0.717, 1.165) is 16.2 Å². The van der Waals surface area contributed by atoms with Crippen LogP contribution in [0.2, 0.25) is 0 Å². The molecule has 0 aliphatic rings. The zero-order chi connectivity index (χ0) is 14.5. The second-order valence-electron chi connectivity index (χ2n) is 4.69. The van der Waals surface area contributed by atoms with E-state index in [2.05, 4.69) is 0 Å². The van der Waals surface area contributed by atoms with Gasteiger partial charge in [0.1, 0.15) is 11.6 Å². The standard InChI is InChI=1S/C16H18FNOS/c1-11(18)10-12-4-3-5-15(17)16(12)20-14-8-6-13(19-2)7-9-14/h3-9,11H,10,18H2,1-2H3. The molecule has 2 nitrogen and oxygen atoms in total. The molecule has 0 aliphatic heterocycles. The SMILES string of the molecule is COc1ccc(Sc2c(F)cccc2CC(C)N)cc1. The molecule has 0 saturated heterocycles. The van der Waals surface area contributed by atoms with Gasteiger partial charge in [-0.25, -0.2) is 4.39 Å². The maximum Gasteiger partial charge on any atom is 0.137 e. The van der Waals surface area contributed by atoms with Gasteiger partial charge < -0.3 is 10.5 Å². The van der Waals surface area contributed by atoms with Crippen LogP contribution >= 0.6 is 11.8 Å². The molecule has 0 saturated carbocycles. The van der Waals surface area contributed by atoms with Gasteiger partial charge in [0.2, 0.25) is 0 Å². The van der Waals surface area contributed by atoms with Crippen LogP contribution in [0, 0.1) is 5.82 Å². The summed E-state index contributed by atoms with van der Waals surface area (Å²) in [5.74, 6) is 0.586. The normalized spacial score (nSPS) is 12.2. The van der Waals surface area contributed by atoms with E-state index in [1.165, 1.54) is 17.8 Å². The number of halogens is 1. The molecule has 2 N–H and O–H groups in total. The lowest BCUT2D eigenvalue weighted by Gasteiger charge is -2.12. The lowest BCUT2D eigenvalue weighted by Crippen LogP contribution is -2.18. The Kier molecular flexibility index (Phi) is 5.04. The highest BCUT2D eigenvalue weighted by Crippen LogP contribution is 2.34. The number of hydrogen-bond donors (Lipinski definition) is 1. The molecule has 0 amide bonds. The Morgan fingerprint density at radius 1 is 1.20 bits per heavy atom. The smallest absolute Gasteiger partial charge is 0.137 e. The van der Waals surface area contributed by atoms with E-state index in [9.17, 15) is 4.39 Å². The fourth-order valence-corrected chi connectivity index (χ4v) is 2.89. The van der Waals surface area contributed by atoms with Gasteiger partial charge >= 0.3 is 0 Å². The van der Waals surface area contributed by atoms with E-state index in [1.807, 2.05) is 37.3 Å². The number of ether oxygens (including phenoxy) is 1. The van der Waals surface area contributed by atoms with Crippen LogP contribution < -0.4 is 10.5 Å². The fourth-order valence-electron chi connectivity index (χ4n) is 1.94. The molecule has 1 unspecified atom stereocenters. The fraction of sp³-hybridized carbons (Fsp3) is 0.250. The quantitative estimate of drug-likeness (QED) is 0.908. The van der Waals surface area contributed by atoms with E-state index in [-0.39, 0.29) is 11.9 Å². The summed E-state index contributed by atoms with van der Waals surface area (Å²) < 4.78 is 19.2. The molecule has 2 rings (SSSR count). The van der Waals surface area contributed by atoms with E-state index < -0.39 is 0 Å². The Labute approximate surface area is 123 Å². The Morgan fingerprint density at radius 3 is 2.50 bits per heavy atom. The van der Waals surface area contributed by atoms with Gasteiger partial charge in [-0.1, -0.05) is 23.9 Å². The summed E-state index contributed by atoms with van der Waals surface area (Å²) in [6, 6.07) is 12.7. The molecular formula is C16H18FNOS. The minimum atomic E-state index is -0.205. The van der Waals surface area contributed by atoms with Gasteiger partial charge in [0.15, 0.2) is 0 Å². The second-order valence-corrected chi connectivity index (χ2v) is 5.77. The van der Waals surface area contributed by atoms with Crippen molar-refractivity contribution in [3.8, 4) is 5.75 Å². The van der Waals surface area contributed by atoms with Crippen LogP contribution in [0.3, 0.4) is 0 Å². The van der Waals surface area contributed by atoms with Gasteiger partial charge in [-0.05, 0) is 49.2 Å². The van der Waals surface area contributed by atoms with Crippen molar-refractivity contribution < 1.29 is 9.13 Å². The summed E-state index contributed by atoms with van der Waals surface area (Å²) in [6.07, 6.45) is 0.663. The maximum atomic E-state index is 14.0. The molecule has 0 aromatic heterocycles. The van der Waals surface area contributed by atoms with Gasteiger partial charge in [-0.15, -0.1) is 0 Å². The Morgan fingerprint density at radius 2 is 1.90 bits per heavy atom. The number of benzene rings is 2. The van der Waals surface area contributed by atoms with Crippen LogP contribution in [0.1, 0.15) is 12.5 Å². The summed E-state index contributed by atoms with van der Waals surface area (Å²) >= 11 is 1.42. The third-order valence-electron chi connectivity index (χ3n) is 2.87. The highest BCUT2D eigenvalue weighted by Gasteiger charge is 2.11. The molecule has 0 spiro atoms. The van der Waals surface area contributed by atoms with Crippen LogP contribution in [0.15, 0.2) is 52.3 Å². The van der Waals surface area contributed by atoms with Crippen LogP contribution in [0.25, 0.3) is 0 Å². The van der Waals surface area contributed by atoms with Gasteiger partial charge in [0.25, 0.3) is 0 Å². The molecule has 2 aromatic rings. The first-order valence-corrected chi connectivity index (χ1v) is 7.26. The van der Waals surface area contributed by atoms with Gasteiger partial charge in [0, 0.05) is 10.9 Å². The topological polar surface area (TPSA) is 35.2 Å². The Balaban J connectivity index is 2.26. The average molecular weight is 291 g/mol. The third kappa shape index (κ3) is 3.74. The second kappa shape index (κ2) is 6.77. The zero-order valence-corrected chi connectivity index (χ0v) is 12.4.